The molecule has 3 nitrogen and oxygen atoms in total. The largest absolute Gasteiger partial charge is 0.508 e. The number of hydrogen-bond acceptors (Lipinski definition) is 3. The number of rotatable bonds is 1. The average Bonchev–Trinajstić information content (AvgIpc) is 1.94. The van der Waals surface area contributed by atoms with Crippen molar-refractivity contribution in [2.75, 3.05) is 0 Å². The average molecular weight is 233 g/mol. The molecule has 0 amide bonds. The molecule has 1 rings (SSSR count). The molecular formula is C8H9BrO3. The van der Waals surface area contributed by atoms with Crippen LogP contribution in [0.3, 0.4) is 0 Å². The highest BCUT2D eigenvalue weighted by atomic mass is 79.9. The van der Waals surface area contributed by atoms with Crippen LogP contribution in [0.2, 0.25) is 0 Å². The Balaban J connectivity index is 2.98. The van der Waals surface area contributed by atoms with Gasteiger partial charge in [-0.1, -0.05) is 0 Å². The van der Waals surface area contributed by atoms with Crippen molar-refractivity contribution in [1.82, 2.24) is 0 Å². The van der Waals surface area contributed by atoms with Crippen molar-refractivity contribution in [3.05, 3.63) is 24.0 Å². The fourth-order valence-corrected chi connectivity index (χ4v) is 1.64. The summed E-state index contributed by atoms with van der Waals surface area (Å²) in [6.07, 6.45) is 4.00. The van der Waals surface area contributed by atoms with Crippen molar-refractivity contribution in [2.45, 2.75) is 11.4 Å². The number of ketones is 1. The van der Waals surface area contributed by atoms with Gasteiger partial charge in [0, 0.05) is 0 Å². The highest BCUT2D eigenvalue weighted by molar-refractivity contribution is 9.10. The van der Waals surface area contributed by atoms with Crippen LogP contribution in [0.1, 0.15) is 6.92 Å². The fourth-order valence-electron chi connectivity index (χ4n) is 1.05. The van der Waals surface area contributed by atoms with Crippen LogP contribution < -0.4 is 0 Å². The highest BCUT2D eigenvalue weighted by Gasteiger charge is 2.35. The van der Waals surface area contributed by atoms with E-state index in [0.29, 0.717) is 0 Å². The zero-order valence-electron chi connectivity index (χ0n) is 6.49. The van der Waals surface area contributed by atoms with E-state index in [0.717, 1.165) is 0 Å². The third kappa shape index (κ3) is 1.76. The quantitative estimate of drug-likeness (QED) is 0.671. The van der Waals surface area contributed by atoms with E-state index in [1.807, 2.05) is 0 Å². The zero-order valence-corrected chi connectivity index (χ0v) is 8.08. The minimum atomic E-state index is -1.36. The SMILES string of the molecule is CC(=O)C1C=C(O)C=CC1(O)Br. The lowest BCUT2D eigenvalue weighted by Crippen LogP contribution is -2.34. The van der Waals surface area contributed by atoms with Gasteiger partial charge in [0.2, 0.25) is 0 Å². The van der Waals surface area contributed by atoms with Gasteiger partial charge in [-0.15, -0.1) is 0 Å². The summed E-state index contributed by atoms with van der Waals surface area (Å²) in [5, 5.41) is 18.6. The van der Waals surface area contributed by atoms with Crippen LogP contribution in [0.25, 0.3) is 0 Å². The number of aliphatic hydroxyl groups is 2. The molecule has 0 saturated carbocycles. The van der Waals surface area contributed by atoms with Crippen LogP contribution in [0.15, 0.2) is 24.0 Å². The minimum absolute atomic E-state index is 0.000625. The monoisotopic (exact) mass is 232 g/mol. The van der Waals surface area contributed by atoms with Crippen molar-refractivity contribution in [3.8, 4) is 0 Å². The van der Waals surface area contributed by atoms with Gasteiger partial charge in [-0.3, -0.25) is 4.79 Å². The van der Waals surface area contributed by atoms with Gasteiger partial charge in [-0.25, -0.2) is 0 Å². The van der Waals surface area contributed by atoms with Crippen LogP contribution in [0, 0.1) is 5.92 Å². The normalized spacial score (nSPS) is 34.6. The molecular weight excluding hydrogens is 224 g/mol. The molecule has 0 spiro atoms. The maximum atomic E-state index is 11.0. The maximum absolute atomic E-state index is 11.0. The van der Waals surface area contributed by atoms with Crippen molar-refractivity contribution in [3.63, 3.8) is 0 Å². The lowest BCUT2D eigenvalue weighted by atomic mass is 9.93. The molecule has 0 fully saturated rings. The van der Waals surface area contributed by atoms with E-state index in [2.05, 4.69) is 15.9 Å². The number of Topliss-reactive ketones (excluding diaryl/α,β-unsaturated/α-hetero) is 1. The Kier molecular flexibility index (Phi) is 2.39. The molecule has 0 heterocycles. The smallest absolute Gasteiger partial charge is 0.151 e. The van der Waals surface area contributed by atoms with Gasteiger partial charge in [-0.2, -0.15) is 0 Å². The molecule has 1 aliphatic rings. The first kappa shape index (κ1) is 9.48. The number of alkyl halides is 1. The van der Waals surface area contributed by atoms with Crippen molar-refractivity contribution in [2.24, 2.45) is 5.92 Å². The van der Waals surface area contributed by atoms with Crippen LogP contribution in [0.4, 0.5) is 0 Å². The lowest BCUT2D eigenvalue weighted by Gasteiger charge is -2.26. The molecule has 12 heavy (non-hydrogen) atoms. The molecule has 0 radical (unpaired) electrons. The Morgan fingerprint density at radius 3 is 2.75 bits per heavy atom. The fraction of sp³-hybridized carbons (Fsp3) is 0.375. The molecule has 2 unspecified atom stereocenters. The second-order valence-corrected chi connectivity index (χ2v) is 4.01. The summed E-state index contributed by atoms with van der Waals surface area (Å²) in [7, 11) is 0. The maximum Gasteiger partial charge on any atom is 0.151 e. The van der Waals surface area contributed by atoms with E-state index in [1.54, 1.807) is 0 Å². The van der Waals surface area contributed by atoms with E-state index < -0.39 is 10.4 Å². The van der Waals surface area contributed by atoms with Crippen LogP contribution >= 0.6 is 15.9 Å². The summed E-state index contributed by atoms with van der Waals surface area (Å²) >= 11 is 2.98. The van der Waals surface area contributed by atoms with E-state index in [-0.39, 0.29) is 11.5 Å². The predicted molar refractivity (Wildman–Crippen MR) is 47.9 cm³/mol. The first-order chi connectivity index (χ1) is 5.43. The predicted octanol–water partition coefficient (Wildman–Crippen LogP) is 1.29. The molecule has 0 bridgehead atoms. The third-order valence-corrected chi connectivity index (χ3v) is 2.46. The topological polar surface area (TPSA) is 57.5 Å². The van der Waals surface area contributed by atoms with Crippen molar-refractivity contribution < 1.29 is 15.0 Å². The van der Waals surface area contributed by atoms with Gasteiger partial charge in [0.25, 0.3) is 0 Å². The number of hydrogen-bond donors (Lipinski definition) is 2. The Morgan fingerprint density at radius 1 is 1.75 bits per heavy atom. The molecule has 1 aliphatic carbocycles. The Labute approximate surface area is 78.5 Å². The standard InChI is InChI=1S/C8H9BrO3/c1-5(10)7-4-6(11)2-3-8(7,9)12/h2-4,7,11-12H,1H3. The van der Waals surface area contributed by atoms with Gasteiger partial charge in [0.05, 0.1) is 5.92 Å². The first-order valence-corrected chi connectivity index (χ1v) is 4.24. The lowest BCUT2D eigenvalue weighted by molar-refractivity contribution is -0.122. The van der Waals surface area contributed by atoms with E-state index in [1.165, 1.54) is 25.2 Å². The van der Waals surface area contributed by atoms with Gasteiger partial charge >= 0.3 is 0 Å². The van der Waals surface area contributed by atoms with Gasteiger partial charge < -0.3 is 10.2 Å². The molecule has 2 N–H and O–H groups in total. The molecule has 0 aromatic heterocycles. The molecule has 0 aromatic carbocycles. The van der Waals surface area contributed by atoms with Gasteiger partial charge in [-0.05, 0) is 41.1 Å². The Hall–Kier alpha value is -0.610. The molecule has 0 aliphatic heterocycles. The summed E-state index contributed by atoms with van der Waals surface area (Å²) < 4.78 is -1.36. The highest BCUT2D eigenvalue weighted by Crippen LogP contribution is 2.32. The van der Waals surface area contributed by atoms with E-state index >= 15 is 0 Å². The number of halogens is 1. The Bertz CT molecular complexity index is 265. The van der Waals surface area contributed by atoms with Gasteiger partial charge in [0.15, 0.2) is 4.51 Å². The van der Waals surface area contributed by atoms with Crippen molar-refractivity contribution in [1.29, 1.82) is 0 Å². The zero-order chi connectivity index (χ0) is 9.35. The number of allylic oxidation sites excluding steroid dienone is 1. The summed E-state index contributed by atoms with van der Waals surface area (Å²) in [5.41, 5.74) is 0. The van der Waals surface area contributed by atoms with E-state index in [9.17, 15) is 9.90 Å². The van der Waals surface area contributed by atoms with Crippen LogP contribution in [-0.2, 0) is 4.79 Å². The molecule has 66 valence electrons. The Morgan fingerprint density at radius 2 is 2.33 bits per heavy atom. The number of carbonyl (C=O) groups excluding carboxylic acids is 1. The molecule has 2 atom stereocenters. The summed E-state index contributed by atoms with van der Waals surface area (Å²) in [6.45, 7) is 1.36. The number of carbonyl (C=O) groups is 1. The third-order valence-electron chi connectivity index (χ3n) is 1.70. The second-order valence-electron chi connectivity index (χ2n) is 2.74. The first-order valence-electron chi connectivity index (χ1n) is 3.45. The molecule has 0 saturated heterocycles. The molecule has 4 heteroatoms. The summed E-state index contributed by atoms with van der Waals surface area (Å²) in [4.78, 5) is 11.0. The summed E-state index contributed by atoms with van der Waals surface area (Å²) in [6, 6.07) is 0. The number of aliphatic hydroxyl groups excluding tert-OH is 1. The summed E-state index contributed by atoms with van der Waals surface area (Å²) in [5.74, 6) is -0.924. The van der Waals surface area contributed by atoms with Crippen LogP contribution in [-0.4, -0.2) is 20.5 Å². The minimum Gasteiger partial charge on any atom is -0.508 e. The van der Waals surface area contributed by atoms with E-state index in [4.69, 9.17) is 5.11 Å². The van der Waals surface area contributed by atoms with Gasteiger partial charge in [0.1, 0.15) is 11.5 Å². The van der Waals surface area contributed by atoms with Crippen molar-refractivity contribution >= 4 is 21.7 Å². The molecule has 0 aromatic rings. The van der Waals surface area contributed by atoms with Crippen LogP contribution in [0.5, 0.6) is 0 Å². The second kappa shape index (κ2) is 3.03.